The van der Waals surface area contributed by atoms with Crippen LogP contribution in [-0.4, -0.2) is 20.1 Å². The van der Waals surface area contributed by atoms with E-state index in [9.17, 15) is 4.79 Å². The molecule has 0 fully saturated rings. The molecule has 1 N–H and O–H groups in total. The Balaban J connectivity index is 1.67. The molecular weight excluding hydrogens is 426 g/mol. The van der Waals surface area contributed by atoms with Gasteiger partial charge in [0.2, 0.25) is 0 Å². The second-order valence-corrected chi connectivity index (χ2v) is 6.71. The van der Waals surface area contributed by atoms with Crippen LogP contribution in [-0.2, 0) is 18.0 Å². The van der Waals surface area contributed by atoms with Gasteiger partial charge in [-0.05, 0) is 57.9 Å². The van der Waals surface area contributed by atoms with Gasteiger partial charge in [0.15, 0.2) is 0 Å². The molecule has 0 bridgehead atoms. The topological polar surface area (TPSA) is 69.9 Å². The monoisotopic (exact) mass is 445 g/mol. The molecule has 146 valence electrons. The van der Waals surface area contributed by atoms with E-state index in [1.807, 2.05) is 36.4 Å². The van der Waals surface area contributed by atoms with E-state index in [0.717, 1.165) is 11.3 Å². The zero-order valence-electron chi connectivity index (χ0n) is 15.5. The van der Waals surface area contributed by atoms with E-state index in [2.05, 4.69) is 21.2 Å². The summed E-state index contributed by atoms with van der Waals surface area (Å²) in [7, 11) is 3.07. The molecule has 0 atom stereocenters. The van der Waals surface area contributed by atoms with Crippen LogP contribution in [0.25, 0.3) is 0 Å². The van der Waals surface area contributed by atoms with Crippen molar-refractivity contribution in [3.05, 3.63) is 76.2 Å². The molecule has 0 radical (unpaired) electrons. The first-order chi connectivity index (χ1) is 13.6. The van der Waals surface area contributed by atoms with Crippen molar-refractivity contribution in [1.29, 1.82) is 0 Å². The summed E-state index contributed by atoms with van der Waals surface area (Å²) in [4.78, 5) is 12.7. The van der Waals surface area contributed by atoms with E-state index in [1.165, 1.54) is 14.2 Å². The molecule has 3 rings (SSSR count). The average Bonchev–Trinajstić information content (AvgIpc) is 3.22. The summed E-state index contributed by atoms with van der Waals surface area (Å²) in [6.07, 6.45) is 1.61. The zero-order valence-corrected chi connectivity index (χ0v) is 17.1. The third-order valence-corrected chi connectivity index (χ3v) is 4.77. The van der Waals surface area contributed by atoms with Crippen LogP contribution >= 0.6 is 15.9 Å². The largest absolute Gasteiger partial charge is 0.495 e. The van der Waals surface area contributed by atoms with E-state index >= 15 is 0 Å². The van der Waals surface area contributed by atoms with Crippen molar-refractivity contribution >= 4 is 27.5 Å². The normalized spacial score (nSPS) is 10.5. The SMILES string of the molecule is COc1cc(C(=O)Nc2cccc(COCc3ccco3)c2)cc(OC)c1Br. The van der Waals surface area contributed by atoms with E-state index in [4.69, 9.17) is 18.6 Å². The summed E-state index contributed by atoms with van der Waals surface area (Å²) in [5.74, 6) is 1.54. The van der Waals surface area contributed by atoms with Crippen molar-refractivity contribution < 1.29 is 23.4 Å². The molecule has 0 aliphatic rings. The number of hydrogen-bond acceptors (Lipinski definition) is 5. The maximum atomic E-state index is 12.7. The Hall–Kier alpha value is -2.77. The zero-order chi connectivity index (χ0) is 19.9. The second kappa shape index (κ2) is 9.43. The molecule has 0 saturated heterocycles. The van der Waals surface area contributed by atoms with Gasteiger partial charge in [0.1, 0.15) is 28.3 Å². The summed E-state index contributed by atoms with van der Waals surface area (Å²) in [6.45, 7) is 0.798. The van der Waals surface area contributed by atoms with Crippen LogP contribution in [0, 0.1) is 0 Å². The van der Waals surface area contributed by atoms with Gasteiger partial charge in [-0.2, -0.15) is 0 Å². The summed E-state index contributed by atoms with van der Waals surface area (Å²) in [5, 5.41) is 2.89. The molecule has 3 aromatic rings. The van der Waals surface area contributed by atoms with Crippen LogP contribution < -0.4 is 14.8 Å². The lowest BCUT2D eigenvalue weighted by atomic mass is 10.1. The standard InChI is InChI=1S/C21H20BrNO5/c1-25-18-10-15(11-19(26-2)20(18)22)21(24)23-16-6-3-5-14(9-16)12-27-13-17-7-4-8-28-17/h3-11H,12-13H2,1-2H3,(H,23,24). The Morgan fingerprint density at radius 2 is 1.79 bits per heavy atom. The number of halogens is 1. The molecule has 2 aromatic carbocycles. The van der Waals surface area contributed by atoms with E-state index in [0.29, 0.717) is 40.4 Å². The predicted octanol–water partition coefficient (Wildman–Crippen LogP) is 5.03. The maximum absolute atomic E-state index is 12.7. The van der Waals surface area contributed by atoms with Gasteiger partial charge in [-0.25, -0.2) is 0 Å². The summed E-state index contributed by atoms with van der Waals surface area (Å²) < 4.78 is 22.1. The quantitative estimate of drug-likeness (QED) is 0.526. The number of nitrogens with one attached hydrogen (secondary N) is 1. The third kappa shape index (κ3) is 4.94. The van der Waals surface area contributed by atoms with Crippen LogP contribution in [0.2, 0.25) is 0 Å². The van der Waals surface area contributed by atoms with Crippen LogP contribution in [0.4, 0.5) is 5.69 Å². The molecule has 0 aliphatic carbocycles. The van der Waals surface area contributed by atoms with Gasteiger partial charge in [0, 0.05) is 11.3 Å². The lowest BCUT2D eigenvalue weighted by Gasteiger charge is -2.12. The van der Waals surface area contributed by atoms with Gasteiger partial charge in [-0.3, -0.25) is 4.79 Å². The van der Waals surface area contributed by atoms with Gasteiger partial charge < -0.3 is 23.9 Å². The number of hydrogen-bond donors (Lipinski definition) is 1. The van der Waals surface area contributed by atoms with E-state index in [1.54, 1.807) is 18.4 Å². The highest BCUT2D eigenvalue weighted by molar-refractivity contribution is 9.10. The number of benzene rings is 2. The van der Waals surface area contributed by atoms with Gasteiger partial charge in [-0.15, -0.1) is 0 Å². The van der Waals surface area contributed by atoms with Crippen molar-refractivity contribution in [1.82, 2.24) is 0 Å². The van der Waals surface area contributed by atoms with Gasteiger partial charge in [-0.1, -0.05) is 12.1 Å². The summed E-state index contributed by atoms with van der Waals surface area (Å²) >= 11 is 3.40. The second-order valence-electron chi connectivity index (χ2n) is 5.92. The van der Waals surface area contributed by atoms with Crippen molar-refractivity contribution in [2.45, 2.75) is 13.2 Å². The molecule has 7 heteroatoms. The predicted molar refractivity (Wildman–Crippen MR) is 109 cm³/mol. The first-order valence-electron chi connectivity index (χ1n) is 8.52. The minimum atomic E-state index is -0.266. The van der Waals surface area contributed by atoms with Gasteiger partial charge in [0.05, 0.1) is 27.1 Å². The number of rotatable bonds is 8. The van der Waals surface area contributed by atoms with Crippen molar-refractivity contribution in [2.24, 2.45) is 0 Å². The van der Waals surface area contributed by atoms with Crippen molar-refractivity contribution in [3.63, 3.8) is 0 Å². The molecule has 1 amide bonds. The minimum absolute atomic E-state index is 0.266. The Labute approximate surface area is 171 Å². The average molecular weight is 446 g/mol. The fraction of sp³-hybridized carbons (Fsp3) is 0.190. The Morgan fingerprint density at radius 1 is 1.04 bits per heavy atom. The van der Waals surface area contributed by atoms with E-state index in [-0.39, 0.29) is 5.91 Å². The molecule has 0 saturated carbocycles. The number of carbonyl (C=O) groups is 1. The minimum Gasteiger partial charge on any atom is -0.495 e. The van der Waals surface area contributed by atoms with Crippen LogP contribution in [0.15, 0.2) is 63.7 Å². The number of amides is 1. The highest BCUT2D eigenvalue weighted by Gasteiger charge is 2.15. The van der Waals surface area contributed by atoms with Crippen molar-refractivity contribution in [2.75, 3.05) is 19.5 Å². The molecular formula is C21H20BrNO5. The molecule has 1 aromatic heterocycles. The highest BCUT2D eigenvalue weighted by atomic mass is 79.9. The molecule has 0 spiro atoms. The lowest BCUT2D eigenvalue weighted by molar-refractivity contribution is 0.0929. The number of methoxy groups -OCH3 is 2. The number of carbonyl (C=O) groups excluding carboxylic acids is 1. The molecule has 0 aliphatic heterocycles. The third-order valence-electron chi connectivity index (χ3n) is 3.99. The smallest absolute Gasteiger partial charge is 0.255 e. The summed E-state index contributed by atoms with van der Waals surface area (Å²) in [6, 6.07) is 14.5. The van der Waals surface area contributed by atoms with E-state index < -0.39 is 0 Å². The maximum Gasteiger partial charge on any atom is 0.255 e. The van der Waals surface area contributed by atoms with Crippen LogP contribution in [0.3, 0.4) is 0 Å². The van der Waals surface area contributed by atoms with Crippen LogP contribution in [0.5, 0.6) is 11.5 Å². The first-order valence-corrected chi connectivity index (χ1v) is 9.32. The Kier molecular flexibility index (Phi) is 6.73. The molecule has 6 nitrogen and oxygen atoms in total. The highest BCUT2D eigenvalue weighted by Crippen LogP contribution is 2.35. The molecule has 1 heterocycles. The Bertz CT molecular complexity index is 915. The van der Waals surface area contributed by atoms with Gasteiger partial charge in [0.25, 0.3) is 5.91 Å². The van der Waals surface area contributed by atoms with Crippen molar-refractivity contribution in [3.8, 4) is 11.5 Å². The van der Waals surface area contributed by atoms with Gasteiger partial charge >= 0.3 is 0 Å². The number of furan rings is 1. The fourth-order valence-electron chi connectivity index (χ4n) is 2.61. The van der Waals surface area contributed by atoms with Crippen LogP contribution in [0.1, 0.15) is 21.7 Å². The summed E-state index contributed by atoms with van der Waals surface area (Å²) in [5.41, 5.74) is 2.04. The number of ether oxygens (including phenoxy) is 3. The fourth-order valence-corrected chi connectivity index (χ4v) is 3.16. The first kappa shape index (κ1) is 20.0. The molecule has 28 heavy (non-hydrogen) atoms. The number of anilines is 1. The lowest BCUT2D eigenvalue weighted by Crippen LogP contribution is -2.12. The molecule has 0 unspecified atom stereocenters. The Morgan fingerprint density at radius 3 is 2.43 bits per heavy atom.